The summed E-state index contributed by atoms with van der Waals surface area (Å²) in [6, 6.07) is 8.43. The second-order valence-electron chi connectivity index (χ2n) is 6.83. The Morgan fingerprint density at radius 1 is 1.15 bits per heavy atom. The molecule has 0 amide bonds. The summed E-state index contributed by atoms with van der Waals surface area (Å²) >= 11 is 0. The molecule has 0 atom stereocenters. The second kappa shape index (κ2) is 6.40. The van der Waals surface area contributed by atoms with Crippen LogP contribution in [0.1, 0.15) is 38.8 Å². The molecule has 0 radical (unpaired) electrons. The second-order valence-corrected chi connectivity index (χ2v) is 11.5. The molecule has 1 aromatic rings. The molecule has 0 bridgehead atoms. The van der Waals surface area contributed by atoms with Crippen LogP contribution in [0.4, 0.5) is 0 Å². The lowest BCUT2D eigenvalue weighted by Crippen LogP contribution is -2.39. The Bertz CT molecular complexity index is 493. The quantitative estimate of drug-likeness (QED) is 0.413. The number of oxime groups is 1. The van der Waals surface area contributed by atoms with Crippen LogP contribution in [0.3, 0.4) is 0 Å². The first-order valence-electron chi connectivity index (χ1n) is 7.09. The molecule has 0 aliphatic rings. The van der Waals surface area contributed by atoms with Crippen LogP contribution in [0.2, 0.25) is 18.1 Å². The van der Waals surface area contributed by atoms with E-state index in [0.29, 0.717) is 0 Å². The monoisotopic (exact) mass is 289 g/mol. The van der Waals surface area contributed by atoms with Crippen LogP contribution in [-0.2, 0) is 4.53 Å². The van der Waals surface area contributed by atoms with E-state index in [0.717, 1.165) is 5.71 Å². The molecular formula is C17H27NOSi. The lowest BCUT2D eigenvalue weighted by Gasteiger charge is -2.33. The summed E-state index contributed by atoms with van der Waals surface area (Å²) in [5.41, 5.74) is 3.35. The topological polar surface area (TPSA) is 21.6 Å². The molecule has 0 aliphatic heterocycles. The molecule has 3 heteroatoms. The van der Waals surface area contributed by atoms with Gasteiger partial charge in [-0.05, 0) is 43.6 Å². The summed E-state index contributed by atoms with van der Waals surface area (Å²) in [7, 11) is -1.80. The molecule has 0 fully saturated rings. The van der Waals surface area contributed by atoms with E-state index in [1.807, 2.05) is 13.0 Å². The smallest absolute Gasteiger partial charge is 0.286 e. The SMILES string of the molecule is CC(/C=C/c1ccc(C)cc1)=N\O[Si](C)(C)C(C)(C)C. The first kappa shape index (κ1) is 16.7. The van der Waals surface area contributed by atoms with Gasteiger partial charge in [0.1, 0.15) is 0 Å². The van der Waals surface area contributed by atoms with Crippen molar-refractivity contribution in [3.05, 3.63) is 41.5 Å². The van der Waals surface area contributed by atoms with Gasteiger partial charge in [0.2, 0.25) is 0 Å². The van der Waals surface area contributed by atoms with Crippen molar-refractivity contribution in [1.82, 2.24) is 0 Å². The molecule has 0 N–H and O–H groups in total. The Morgan fingerprint density at radius 3 is 2.20 bits per heavy atom. The van der Waals surface area contributed by atoms with E-state index >= 15 is 0 Å². The molecule has 2 nitrogen and oxygen atoms in total. The van der Waals surface area contributed by atoms with E-state index in [1.165, 1.54) is 11.1 Å². The van der Waals surface area contributed by atoms with Gasteiger partial charge in [-0.1, -0.05) is 56.7 Å². The molecule has 1 aromatic carbocycles. The molecule has 20 heavy (non-hydrogen) atoms. The summed E-state index contributed by atoms with van der Waals surface area (Å²) in [6.07, 6.45) is 4.06. The number of allylic oxidation sites excluding steroid dienone is 1. The third-order valence-corrected chi connectivity index (χ3v) is 7.98. The number of benzene rings is 1. The lowest BCUT2D eigenvalue weighted by molar-refractivity contribution is 0.308. The third kappa shape index (κ3) is 4.97. The van der Waals surface area contributed by atoms with Gasteiger partial charge in [-0.2, -0.15) is 0 Å². The molecule has 1 rings (SSSR count). The maximum atomic E-state index is 5.84. The third-order valence-electron chi connectivity index (χ3n) is 3.82. The van der Waals surface area contributed by atoms with Crippen molar-refractivity contribution >= 4 is 20.1 Å². The van der Waals surface area contributed by atoms with Gasteiger partial charge in [-0.15, -0.1) is 5.16 Å². The fourth-order valence-electron chi connectivity index (χ4n) is 1.25. The number of aryl methyl sites for hydroxylation is 1. The van der Waals surface area contributed by atoms with Crippen molar-refractivity contribution in [3.63, 3.8) is 0 Å². The fraction of sp³-hybridized carbons (Fsp3) is 0.471. The van der Waals surface area contributed by atoms with Gasteiger partial charge < -0.3 is 4.53 Å². The molecule has 110 valence electrons. The van der Waals surface area contributed by atoms with Gasteiger partial charge in [0, 0.05) is 0 Å². The largest absolute Gasteiger partial charge is 0.455 e. The minimum absolute atomic E-state index is 0.178. The number of hydrogen-bond acceptors (Lipinski definition) is 2. The van der Waals surface area contributed by atoms with E-state index in [4.69, 9.17) is 4.53 Å². The zero-order chi connectivity index (χ0) is 15.4. The fourth-order valence-corrected chi connectivity index (χ4v) is 1.89. The van der Waals surface area contributed by atoms with Crippen molar-refractivity contribution in [3.8, 4) is 0 Å². The van der Waals surface area contributed by atoms with Crippen LogP contribution < -0.4 is 0 Å². The summed E-state index contributed by atoms with van der Waals surface area (Å²) in [5, 5.41) is 4.46. The van der Waals surface area contributed by atoms with E-state index < -0.39 is 8.32 Å². The van der Waals surface area contributed by atoms with Crippen LogP contribution in [-0.4, -0.2) is 14.0 Å². The van der Waals surface area contributed by atoms with Gasteiger partial charge in [0.25, 0.3) is 8.32 Å². The Kier molecular flexibility index (Phi) is 5.34. The van der Waals surface area contributed by atoms with E-state index in [-0.39, 0.29) is 5.04 Å². The lowest BCUT2D eigenvalue weighted by atomic mass is 10.1. The van der Waals surface area contributed by atoms with Gasteiger partial charge in [0.05, 0.1) is 5.71 Å². The van der Waals surface area contributed by atoms with Crippen molar-refractivity contribution in [2.75, 3.05) is 0 Å². The zero-order valence-electron chi connectivity index (χ0n) is 13.8. The van der Waals surface area contributed by atoms with Gasteiger partial charge in [0.15, 0.2) is 0 Å². The molecule has 0 aliphatic carbocycles. The van der Waals surface area contributed by atoms with Crippen LogP contribution >= 0.6 is 0 Å². The maximum Gasteiger partial charge on any atom is 0.286 e. The molecular weight excluding hydrogens is 262 g/mol. The highest BCUT2D eigenvalue weighted by atomic mass is 28.4. The number of nitrogens with zero attached hydrogens (tertiary/aromatic N) is 1. The Labute approximate surface area is 124 Å². The predicted molar refractivity (Wildman–Crippen MR) is 91.6 cm³/mol. The van der Waals surface area contributed by atoms with Crippen molar-refractivity contribution < 1.29 is 4.53 Å². The van der Waals surface area contributed by atoms with Crippen LogP contribution in [0, 0.1) is 6.92 Å². The Morgan fingerprint density at radius 2 is 1.70 bits per heavy atom. The highest BCUT2D eigenvalue weighted by Gasteiger charge is 2.39. The Hall–Kier alpha value is -1.35. The molecule has 0 saturated carbocycles. The molecule has 0 heterocycles. The average molecular weight is 289 g/mol. The van der Waals surface area contributed by atoms with E-state index in [2.05, 4.69) is 76.3 Å². The molecule has 0 saturated heterocycles. The first-order chi connectivity index (χ1) is 9.12. The summed E-state index contributed by atoms with van der Waals surface area (Å²) in [5.74, 6) is 0. The summed E-state index contributed by atoms with van der Waals surface area (Å²) in [4.78, 5) is 0. The number of rotatable bonds is 4. The minimum Gasteiger partial charge on any atom is -0.455 e. The van der Waals surface area contributed by atoms with Gasteiger partial charge >= 0.3 is 0 Å². The molecule has 0 spiro atoms. The van der Waals surface area contributed by atoms with E-state index in [9.17, 15) is 0 Å². The summed E-state index contributed by atoms with van der Waals surface area (Å²) < 4.78 is 5.84. The van der Waals surface area contributed by atoms with Crippen molar-refractivity contribution in [2.45, 2.75) is 52.8 Å². The van der Waals surface area contributed by atoms with E-state index in [1.54, 1.807) is 0 Å². The normalized spacial score (nSPS) is 13.8. The van der Waals surface area contributed by atoms with Crippen molar-refractivity contribution in [2.24, 2.45) is 5.16 Å². The van der Waals surface area contributed by atoms with Gasteiger partial charge in [-0.25, -0.2) is 0 Å². The van der Waals surface area contributed by atoms with Crippen molar-refractivity contribution in [1.29, 1.82) is 0 Å². The first-order valence-corrected chi connectivity index (χ1v) is 10.0. The standard InChI is InChI=1S/C17H27NOSi/c1-14-8-11-16(12-9-14)13-10-15(2)18-19-20(6,7)17(3,4)5/h8-13H,1-7H3/b13-10+,18-15+. The zero-order valence-corrected chi connectivity index (χ0v) is 14.8. The minimum atomic E-state index is -1.80. The van der Waals surface area contributed by atoms with Gasteiger partial charge in [-0.3, -0.25) is 0 Å². The Balaban J connectivity index is 2.69. The number of hydrogen-bond donors (Lipinski definition) is 0. The summed E-state index contributed by atoms with van der Waals surface area (Å²) in [6.45, 7) is 15.1. The van der Waals surface area contributed by atoms with Crippen LogP contribution in [0.25, 0.3) is 6.08 Å². The maximum absolute atomic E-state index is 5.84. The predicted octanol–water partition coefficient (Wildman–Crippen LogP) is 5.41. The molecule has 0 unspecified atom stereocenters. The highest BCUT2D eigenvalue weighted by molar-refractivity contribution is 6.74. The van der Waals surface area contributed by atoms with Crippen LogP contribution in [0.15, 0.2) is 35.5 Å². The average Bonchev–Trinajstić information content (AvgIpc) is 2.34. The highest BCUT2D eigenvalue weighted by Crippen LogP contribution is 2.36. The molecule has 0 aromatic heterocycles. The van der Waals surface area contributed by atoms with Crippen LogP contribution in [0.5, 0.6) is 0 Å².